The quantitative estimate of drug-likeness (QED) is 0.837. The van der Waals surface area contributed by atoms with Gasteiger partial charge in [0.25, 0.3) is 0 Å². The topological polar surface area (TPSA) is 77.9 Å². The van der Waals surface area contributed by atoms with Gasteiger partial charge in [0.05, 0.1) is 11.3 Å². The third-order valence-electron chi connectivity index (χ3n) is 5.40. The second-order valence-electron chi connectivity index (χ2n) is 6.50. The molecule has 3 rings (SSSR count). The van der Waals surface area contributed by atoms with E-state index in [2.05, 4.69) is 0 Å². The monoisotopic (exact) mass is 326 g/mol. The van der Waals surface area contributed by atoms with E-state index in [4.69, 9.17) is 0 Å². The number of aliphatic carboxylic acids is 1. The van der Waals surface area contributed by atoms with Crippen LogP contribution in [0.2, 0.25) is 0 Å². The molecule has 1 saturated carbocycles. The van der Waals surface area contributed by atoms with Gasteiger partial charge in [-0.1, -0.05) is 13.3 Å². The van der Waals surface area contributed by atoms with Crippen molar-refractivity contribution in [3.05, 3.63) is 0 Å². The highest BCUT2D eigenvalue weighted by Crippen LogP contribution is 2.49. The van der Waals surface area contributed by atoms with Gasteiger partial charge in [-0.05, 0) is 18.8 Å². The number of hydrogen-bond acceptors (Lipinski definition) is 4. The fourth-order valence-electron chi connectivity index (χ4n) is 4.11. The summed E-state index contributed by atoms with van der Waals surface area (Å²) in [7, 11) is 0. The zero-order chi connectivity index (χ0) is 15.9. The number of carboxylic acid groups (broad SMARTS) is 1. The predicted molar refractivity (Wildman–Crippen MR) is 82.2 cm³/mol. The number of rotatable bonds is 3. The Bertz CT molecular complexity index is 512. The van der Waals surface area contributed by atoms with E-state index in [1.54, 1.807) is 28.5 Å². The highest BCUT2D eigenvalue weighted by molar-refractivity contribution is 7.99. The molecule has 0 aromatic heterocycles. The number of thioether (sulfide) groups is 1. The van der Waals surface area contributed by atoms with Gasteiger partial charge < -0.3 is 14.9 Å². The molecular formula is C15H22N2O4S. The number of carboxylic acids is 1. The van der Waals surface area contributed by atoms with Crippen molar-refractivity contribution in [2.45, 2.75) is 38.6 Å². The minimum absolute atomic E-state index is 0.00399. The lowest BCUT2D eigenvalue weighted by atomic mass is 9.81. The highest BCUT2D eigenvalue weighted by Gasteiger charge is 2.56. The summed E-state index contributed by atoms with van der Waals surface area (Å²) in [5.41, 5.74) is -0.749. The van der Waals surface area contributed by atoms with E-state index in [1.807, 2.05) is 0 Å². The van der Waals surface area contributed by atoms with Gasteiger partial charge in [-0.15, -0.1) is 11.8 Å². The van der Waals surface area contributed by atoms with E-state index in [0.717, 1.165) is 12.8 Å². The molecule has 2 amide bonds. The van der Waals surface area contributed by atoms with Crippen LogP contribution < -0.4 is 0 Å². The summed E-state index contributed by atoms with van der Waals surface area (Å²) in [6, 6.07) is -0.415. The third kappa shape index (κ3) is 2.30. The first-order chi connectivity index (χ1) is 10.5. The first-order valence-corrected chi connectivity index (χ1v) is 9.04. The molecule has 3 fully saturated rings. The molecule has 2 saturated heterocycles. The van der Waals surface area contributed by atoms with Crippen LogP contribution in [0.15, 0.2) is 0 Å². The Labute approximate surface area is 134 Å². The SMILES string of the molecule is CCC(=O)N1CSCC1C(=O)N1C[C@@H]2CCC[C@@]2(C(=O)O)C1. The Hall–Kier alpha value is -1.24. The fraction of sp³-hybridized carbons (Fsp3) is 0.800. The van der Waals surface area contributed by atoms with Crippen molar-refractivity contribution in [2.75, 3.05) is 24.7 Å². The smallest absolute Gasteiger partial charge is 0.311 e. The molecule has 0 bridgehead atoms. The minimum atomic E-state index is -0.771. The number of carbonyl (C=O) groups excluding carboxylic acids is 2. The van der Waals surface area contributed by atoms with Crippen LogP contribution in [-0.4, -0.2) is 63.5 Å². The number of hydrogen-bond donors (Lipinski definition) is 1. The molecular weight excluding hydrogens is 304 g/mol. The van der Waals surface area contributed by atoms with Gasteiger partial charge in [0, 0.05) is 25.3 Å². The lowest BCUT2D eigenvalue weighted by Gasteiger charge is -2.28. The molecule has 2 heterocycles. The van der Waals surface area contributed by atoms with Gasteiger partial charge in [0.15, 0.2) is 0 Å². The lowest BCUT2D eigenvalue weighted by molar-refractivity contribution is -0.150. The Balaban J connectivity index is 1.74. The molecule has 0 radical (unpaired) electrons. The molecule has 1 N–H and O–H groups in total. The van der Waals surface area contributed by atoms with E-state index >= 15 is 0 Å². The predicted octanol–water partition coefficient (Wildman–Crippen LogP) is 1.01. The summed E-state index contributed by atoms with van der Waals surface area (Å²) in [6.07, 6.45) is 2.87. The number of carbonyl (C=O) groups is 3. The van der Waals surface area contributed by atoms with Crippen LogP contribution in [-0.2, 0) is 14.4 Å². The standard InChI is InChI=1S/C15H22N2O4S/c1-2-12(18)17-9-22-7-11(17)13(19)16-6-10-4-3-5-15(10,8-16)14(20)21/h10-11H,2-9H2,1H3,(H,20,21)/t10-,11?,15+/m0/s1. The maximum absolute atomic E-state index is 12.8. The van der Waals surface area contributed by atoms with Crippen LogP contribution in [0.4, 0.5) is 0 Å². The number of likely N-dealkylation sites (tertiary alicyclic amines) is 1. The van der Waals surface area contributed by atoms with Crippen LogP contribution in [0.3, 0.4) is 0 Å². The summed E-state index contributed by atoms with van der Waals surface area (Å²) in [5.74, 6) is 0.402. The van der Waals surface area contributed by atoms with Gasteiger partial charge in [-0.2, -0.15) is 0 Å². The summed E-state index contributed by atoms with van der Waals surface area (Å²) in [4.78, 5) is 39.8. The van der Waals surface area contributed by atoms with Crippen molar-refractivity contribution in [1.29, 1.82) is 0 Å². The van der Waals surface area contributed by atoms with Crippen molar-refractivity contribution < 1.29 is 19.5 Å². The van der Waals surface area contributed by atoms with Crippen LogP contribution in [0.25, 0.3) is 0 Å². The van der Waals surface area contributed by atoms with Gasteiger partial charge >= 0.3 is 5.97 Å². The first kappa shape index (κ1) is 15.6. The average Bonchev–Trinajstić information content (AvgIpc) is 3.18. The lowest BCUT2D eigenvalue weighted by Crippen LogP contribution is -2.49. The second-order valence-corrected chi connectivity index (χ2v) is 7.50. The van der Waals surface area contributed by atoms with Crippen molar-refractivity contribution in [2.24, 2.45) is 11.3 Å². The van der Waals surface area contributed by atoms with E-state index in [1.165, 1.54) is 0 Å². The average molecular weight is 326 g/mol. The van der Waals surface area contributed by atoms with E-state index in [-0.39, 0.29) is 17.7 Å². The second kappa shape index (κ2) is 5.76. The summed E-state index contributed by atoms with van der Waals surface area (Å²) >= 11 is 1.59. The van der Waals surface area contributed by atoms with Gasteiger partial charge in [0.2, 0.25) is 11.8 Å². The summed E-state index contributed by atoms with van der Waals surface area (Å²) < 4.78 is 0. The van der Waals surface area contributed by atoms with Gasteiger partial charge in [-0.25, -0.2) is 0 Å². The van der Waals surface area contributed by atoms with Gasteiger partial charge in [0.1, 0.15) is 6.04 Å². The molecule has 0 aromatic carbocycles. The third-order valence-corrected chi connectivity index (χ3v) is 6.41. The molecule has 3 atom stereocenters. The molecule has 7 heteroatoms. The molecule has 1 unspecified atom stereocenters. The maximum atomic E-state index is 12.8. The molecule has 0 spiro atoms. The van der Waals surface area contributed by atoms with Crippen LogP contribution >= 0.6 is 11.8 Å². The van der Waals surface area contributed by atoms with Crippen molar-refractivity contribution >= 4 is 29.5 Å². The van der Waals surface area contributed by atoms with Crippen molar-refractivity contribution in [3.8, 4) is 0 Å². The largest absolute Gasteiger partial charge is 0.481 e. The Morgan fingerprint density at radius 1 is 1.36 bits per heavy atom. The number of amides is 2. The fourth-order valence-corrected chi connectivity index (χ4v) is 5.29. The molecule has 0 aromatic rings. The zero-order valence-electron chi connectivity index (χ0n) is 12.8. The molecule has 3 aliphatic rings. The molecule has 122 valence electrons. The Kier molecular flexibility index (Phi) is 4.09. The molecule has 6 nitrogen and oxygen atoms in total. The van der Waals surface area contributed by atoms with Crippen molar-refractivity contribution in [3.63, 3.8) is 0 Å². The van der Waals surface area contributed by atoms with Crippen molar-refractivity contribution in [1.82, 2.24) is 9.80 Å². The van der Waals surface area contributed by atoms with Crippen LogP contribution in [0.5, 0.6) is 0 Å². The molecule has 1 aliphatic carbocycles. The molecule has 22 heavy (non-hydrogen) atoms. The summed E-state index contributed by atoms with van der Waals surface area (Å²) in [6.45, 7) is 2.63. The normalized spacial score (nSPS) is 34.0. The highest BCUT2D eigenvalue weighted by atomic mass is 32.2. The number of nitrogens with zero attached hydrogens (tertiary/aromatic N) is 2. The van der Waals surface area contributed by atoms with E-state index in [0.29, 0.717) is 37.6 Å². The van der Waals surface area contributed by atoms with Gasteiger partial charge in [-0.3, -0.25) is 14.4 Å². The zero-order valence-corrected chi connectivity index (χ0v) is 13.6. The maximum Gasteiger partial charge on any atom is 0.311 e. The number of fused-ring (bicyclic) bond motifs is 1. The minimum Gasteiger partial charge on any atom is -0.481 e. The van der Waals surface area contributed by atoms with E-state index < -0.39 is 17.4 Å². The first-order valence-electron chi connectivity index (χ1n) is 7.89. The van der Waals surface area contributed by atoms with Crippen LogP contribution in [0, 0.1) is 11.3 Å². The van der Waals surface area contributed by atoms with Crippen LogP contribution in [0.1, 0.15) is 32.6 Å². The van der Waals surface area contributed by atoms with E-state index in [9.17, 15) is 19.5 Å². The Morgan fingerprint density at radius 3 is 2.77 bits per heavy atom. The Morgan fingerprint density at radius 2 is 2.14 bits per heavy atom. The molecule has 2 aliphatic heterocycles. The summed E-state index contributed by atoms with van der Waals surface area (Å²) in [5, 5.41) is 9.61.